The molecule has 0 saturated carbocycles. The molecule has 1 atom stereocenters. The Morgan fingerprint density at radius 1 is 1.44 bits per heavy atom. The van der Waals surface area contributed by atoms with Gasteiger partial charge in [0.25, 0.3) is 0 Å². The highest BCUT2D eigenvalue weighted by atomic mass is 16.3. The smallest absolute Gasteiger partial charge is 0.181 e. The van der Waals surface area contributed by atoms with E-state index in [4.69, 9.17) is 5.11 Å². The van der Waals surface area contributed by atoms with E-state index in [1.54, 1.807) is 12.3 Å². The van der Waals surface area contributed by atoms with Crippen molar-refractivity contribution in [1.29, 1.82) is 0 Å². The van der Waals surface area contributed by atoms with Crippen molar-refractivity contribution in [3.8, 4) is 0 Å². The summed E-state index contributed by atoms with van der Waals surface area (Å²) in [4.78, 5) is 15.7. The summed E-state index contributed by atoms with van der Waals surface area (Å²) in [6.45, 7) is -0.0633. The molecule has 1 aromatic rings. The predicted octanol–water partition coefficient (Wildman–Crippen LogP) is 1.02. The van der Waals surface area contributed by atoms with Crippen LogP contribution in [0.1, 0.15) is 47.0 Å². The van der Waals surface area contributed by atoms with Crippen LogP contribution in [0.15, 0.2) is 12.3 Å². The predicted molar refractivity (Wildman–Crippen MR) is 58.2 cm³/mol. The lowest BCUT2D eigenvalue weighted by Gasteiger charge is -2.20. The van der Waals surface area contributed by atoms with Gasteiger partial charge in [-0.05, 0) is 30.0 Å². The number of nitrogens with zero attached hydrogens (tertiary/aromatic N) is 1. The van der Waals surface area contributed by atoms with Gasteiger partial charge >= 0.3 is 0 Å². The minimum Gasteiger partial charge on any atom is -0.396 e. The molecular formula is C12H15NO3. The third-order valence-corrected chi connectivity index (χ3v) is 2.95. The molecular weight excluding hydrogens is 206 g/mol. The van der Waals surface area contributed by atoms with Gasteiger partial charge in [-0.1, -0.05) is 0 Å². The Kier molecular flexibility index (Phi) is 3.31. The first-order valence-electron chi connectivity index (χ1n) is 5.54. The van der Waals surface area contributed by atoms with Crippen LogP contribution < -0.4 is 0 Å². The fraction of sp³-hybridized carbons (Fsp3) is 0.500. The Morgan fingerprint density at radius 3 is 3.00 bits per heavy atom. The standard InChI is InChI=1S/C12H15NO3/c14-7-5-10(15)8-4-6-13-12-9(8)2-1-3-11(12)16/h4,6,10,14-15H,1-3,5,7H2/t10-/m0/s1. The molecule has 4 nitrogen and oxygen atoms in total. The van der Waals surface area contributed by atoms with Crippen molar-refractivity contribution in [2.45, 2.75) is 31.8 Å². The molecule has 1 aliphatic carbocycles. The molecule has 2 N–H and O–H groups in total. The van der Waals surface area contributed by atoms with Crippen molar-refractivity contribution in [3.05, 3.63) is 29.1 Å². The van der Waals surface area contributed by atoms with Gasteiger partial charge in [0.2, 0.25) is 0 Å². The average Bonchev–Trinajstić information content (AvgIpc) is 2.29. The summed E-state index contributed by atoms with van der Waals surface area (Å²) < 4.78 is 0. The number of aliphatic hydroxyl groups excluding tert-OH is 2. The quantitative estimate of drug-likeness (QED) is 0.799. The highest BCUT2D eigenvalue weighted by Gasteiger charge is 2.23. The Balaban J connectivity index is 2.39. The van der Waals surface area contributed by atoms with E-state index >= 15 is 0 Å². The van der Waals surface area contributed by atoms with E-state index < -0.39 is 6.10 Å². The molecule has 0 aromatic carbocycles. The molecule has 0 radical (unpaired) electrons. The number of hydrogen-bond donors (Lipinski definition) is 2. The lowest BCUT2D eigenvalue weighted by Crippen LogP contribution is -2.17. The molecule has 0 spiro atoms. The third kappa shape index (κ3) is 1.99. The van der Waals surface area contributed by atoms with Crippen LogP contribution in [-0.2, 0) is 6.42 Å². The minimum atomic E-state index is -0.701. The van der Waals surface area contributed by atoms with Crippen molar-refractivity contribution < 1.29 is 15.0 Å². The zero-order valence-electron chi connectivity index (χ0n) is 9.02. The second-order valence-electron chi connectivity index (χ2n) is 4.03. The maximum atomic E-state index is 11.6. The van der Waals surface area contributed by atoms with E-state index in [9.17, 15) is 9.90 Å². The number of carbonyl (C=O) groups is 1. The molecule has 0 unspecified atom stereocenters. The van der Waals surface area contributed by atoms with Crippen LogP contribution in [0.5, 0.6) is 0 Å². The first-order valence-corrected chi connectivity index (χ1v) is 5.54. The van der Waals surface area contributed by atoms with Crippen LogP contribution >= 0.6 is 0 Å². The van der Waals surface area contributed by atoms with Crippen LogP contribution in [0.25, 0.3) is 0 Å². The Hall–Kier alpha value is -1.26. The highest BCUT2D eigenvalue weighted by Crippen LogP contribution is 2.27. The summed E-state index contributed by atoms with van der Waals surface area (Å²) in [5.41, 5.74) is 2.10. The van der Waals surface area contributed by atoms with Gasteiger partial charge < -0.3 is 10.2 Å². The monoisotopic (exact) mass is 221 g/mol. The Morgan fingerprint density at radius 2 is 2.25 bits per heavy atom. The lowest BCUT2D eigenvalue weighted by atomic mass is 9.89. The van der Waals surface area contributed by atoms with Crippen molar-refractivity contribution in [3.63, 3.8) is 0 Å². The summed E-state index contributed by atoms with van der Waals surface area (Å²) in [6.07, 6.45) is 3.29. The topological polar surface area (TPSA) is 70.4 Å². The number of carbonyl (C=O) groups excluding carboxylic acids is 1. The number of ketones is 1. The molecule has 1 heterocycles. The molecule has 4 heteroatoms. The molecule has 0 bridgehead atoms. The van der Waals surface area contributed by atoms with Crippen molar-refractivity contribution in [1.82, 2.24) is 4.98 Å². The molecule has 1 aliphatic rings. The molecule has 2 rings (SSSR count). The van der Waals surface area contributed by atoms with Gasteiger partial charge in [-0.2, -0.15) is 0 Å². The first kappa shape index (κ1) is 11.2. The van der Waals surface area contributed by atoms with E-state index in [0.717, 1.165) is 24.0 Å². The lowest BCUT2D eigenvalue weighted by molar-refractivity contribution is 0.0965. The van der Waals surface area contributed by atoms with Gasteiger partial charge in [0.1, 0.15) is 5.69 Å². The van der Waals surface area contributed by atoms with Gasteiger partial charge in [0.05, 0.1) is 6.10 Å². The highest BCUT2D eigenvalue weighted by molar-refractivity contribution is 5.96. The Labute approximate surface area is 93.9 Å². The molecule has 0 amide bonds. The number of aromatic nitrogens is 1. The SMILES string of the molecule is O=C1CCCc2c([C@@H](O)CCO)ccnc21. The van der Waals surface area contributed by atoms with Gasteiger partial charge in [-0.25, -0.2) is 0 Å². The molecule has 0 fully saturated rings. The maximum absolute atomic E-state index is 11.6. The van der Waals surface area contributed by atoms with E-state index in [2.05, 4.69) is 4.98 Å². The van der Waals surface area contributed by atoms with E-state index in [0.29, 0.717) is 18.5 Å². The summed E-state index contributed by atoms with van der Waals surface area (Å²) in [7, 11) is 0. The second-order valence-corrected chi connectivity index (χ2v) is 4.03. The minimum absolute atomic E-state index is 0.0549. The van der Waals surface area contributed by atoms with E-state index in [-0.39, 0.29) is 12.4 Å². The average molecular weight is 221 g/mol. The third-order valence-electron chi connectivity index (χ3n) is 2.95. The fourth-order valence-corrected chi connectivity index (χ4v) is 2.14. The number of rotatable bonds is 3. The molecule has 16 heavy (non-hydrogen) atoms. The van der Waals surface area contributed by atoms with Gasteiger partial charge in [-0.15, -0.1) is 0 Å². The van der Waals surface area contributed by atoms with Gasteiger partial charge in [0, 0.05) is 25.6 Å². The van der Waals surface area contributed by atoms with E-state index in [1.165, 1.54) is 0 Å². The molecule has 1 aromatic heterocycles. The Bertz CT molecular complexity index is 403. The summed E-state index contributed by atoms with van der Waals surface area (Å²) >= 11 is 0. The van der Waals surface area contributed by atoms with Crippen LogP contribution in [0, 0.1) is 0 Å². The zero-order valence-corrected chi connectivity index (χ0v) is 9.02. The fourth-order valence-electron chi connectivity index (χ4n) is 2.14. The number of Topliss-reactive ketones (excluding diaryl/α,β-unsaturated/α-hetero) is 1. The van der Waals surface area contributed by atoms with Crippen LogP contribution in [-0.4, -0.2) is 27.6 Å². The van der Waals surface area contributed by atoms with Crippen molar-refractivity contribution in [2.75, 3.05) is 6.61 Å². The van der Waals surface area contributed by atoms with Gasteiger partial charge in [0.15, 0.2) is 5.78 Å². The normalized spacial score (nSPS) is 17.0. The van der Waals surface area contributed by atoms with Crippen LogP contribution in [0.4, 0.5) is 0 Å². The number of aliphatic hydroxyl groups is 2. The van der Waals surface area contributed by atoms with Crippen molar-refractivity contribution in [2.24, 2.45) is 0 Å². The maximum Gasteiger partial charge on any atom is 0.181 e. The summed E-state index contributed by atoms with van der Waals surface area (Å²) in [6, 6.07) is 1.73. The van der Waals surface area contributed by atoms with Crippen molar-refractivity contribution >= 4 is 5.78 Å². The molecule has 86 valence electrons. The number of hydrogen-bond acceptors (Lipinski definition) is 4. The zero-order chi connectivity index (χ0) is 11.5. The second kappa shape index (κ2) is 4.72. The first-order chi connectivity index (χ1) is 7.74. The van der Waals surface area contributed by atoms with Crippen LogP contribution in [0.2, 0.25) is 0 Å². The van der Waals surface area contributed by atoms with Crippen LogP contribution in [0.3, 0.4) is 0 Å². The summed E-state index contributed by atoms with van der Waals surface area (Å²) in [5.74, 6) is 0.0549. The van der Waals surface area contributed by atoms with Gasteiger partial charge in [-0.3, -0.25) is 9.78 Å². The largest absolute Gasteiger partial charge is 0.396 e. The number of fused-ring (bicyclic) bond motifs is 1. The van der Waals surface area contributed by atoms with E-state index in [1.807, 2.05) is 0 Å². The summed E-state index contributed by atoms with van der Waals surface area (Å²) in [5, 5.41) is 18.7. The molecule has 0 aliphatic heterocycles. The number of pyridine rings is 1. The molecule has 0 saturated heterocycles.